The molecule has 4 heterocycles. The number of aromatic nitrogens is 3. The van der Waals surface area contributed by atoms with E-state index in [4.69, 9.17) is 0 Å². The lowest BCUT2D eigenvalue weighted by Crippen LogP contribution is -2.45. The topological polar surface area (TPSA) is 112 Å². The Morgan fingerprint density at radius 1 is 1.17 bits per heavy atom. The lowest BCUT2D eigenvalue weighted by Gasteiger charge is -2.26. The molecule has 35 heavy (non-hydrogen) atoms. The van der Waals surface area contributed by atoms with Crippen LogP contribution in [-0.4, -0.2) is 70.4 Å². The smallest absolute Gasteiger partial charge is 0.276 e. The summed E-state index contributed by atoms with van der Waals surface area (Å²) in [5, 5.41) is 6.92. The number of amides is 2. The minimum Gasteiger partial charge on any atom is -0.340 e. The molecule has 0 radical (unpaired) electrons. The summed E-state index contributed by atoms with van der Waals surface area (Å²) in [5.41, 5.74) is 0.595. The van der Waals surface area contributed by atoms with Crippen molar-refractivity contribution < 1.29 is 9.59 Å². The first-order valence-electron chi connectivity index (χ1n) is 11.7. The Kier molecular flexibility index (Phi) is 5.84. The molecule has 11 heteroatoms. The number of rotatable bonds is 6. The molecule has 5 rings (SSSR count). The van der Waals surface area contributed by atoms with Gasteiger partial charge in [-0.25, -0.2) is 9.97 Å². The van der Waals surface area contributed by atoms with Gasteiger partial charge in [-0.1, -0.05) is 0 Å². The number of pyridine rings is 1. The second-order valence-electron chi connectivity index (χ2n) is 9.63. The van der Waals surface area contributed by atoms with Gasteiger partial charge in [0, 0.05) is 20.1 Å². The summed E-state index contributed by atoms with van der Waals surface area (Å²) >= 11 is 1.30. The van der Waals surface area contributed by atoms with Gasteiger partial charge in [0.2, 0.25) is 0 Å². The van der Waals surface area contributed by atoms with Crippen LogP contribution in [0, 0.1) is 6.92 Å². The molecule has 184 valence electrons. The molecular weight excluding hydrogens is 466 g/mol. The molecule has 3 aromatic heterocycles. The van der Waals surface area contributed by atoms with E-state index in [2.05, 4.69) is 20.6 Å². The Bertz CT molecular complexity index is 1390. The third-order valence-corrected chi connectivity index (χ3v) is 7.87. The van der Waals surface area contributed by atoms with E-state index in [0.717, 1.165) is 37.8 Å². The number of hydrogen-bond donors (Lipinski definition) is 2. The Balaban J connectivity index is 1.50. The van der Waals surface area contributed by atoms with Gasteiger partial charge in [-0.2, -0.15) is 0 Å². The minimum atomic E-state index is -0.647. The molecular formula is C24H29N7O3S. The van der Waals surface area contributed by atoms with Crippen LogP contribution in [0.3, 0.4) is 0 Å². The normalized spacial score (nSPS) is 16.2. The lowest BCUT2D eigenvalue weighted by molar-refractivity contribution is 0.0790. The first-order valence-corrected chi connectivity index (χ1v) is 12.5. The highest BCUT2D eigenvalue weighted by molar-refractivity contribution is 7.20. The molecule has 10 nitrogen and oxygen atoms in total. The summed E-state index contributed by atoms with van der Waals surface area (Å²) in [5.74, 6) is 0.176. The Labute approximate surface area is 207 Å². The van der Waals surface area contributed by atoms with Crippen LogP contribution in [-0.2, 0) is 5.66 Å². The van der Waals surface area contributed by atoms with Crippen LogP contribution in [0.5, 0.6) is 0 Å². The summed E-state index contributed by atoms with van der Waals surface area (Å²) in [6.45, 7) is 3.21. The molecule has 1 fully saturated rings. The zero-order valence-electron chi connectivity index (χ0n) is 20.3. The fourth-order valence-corrected chi connectivity index (χ4v) is 5.98. The van der Waals surface area contributed by atoms with Crippen molar-refractivity contribution in [3.63, 3.8) is 0 Å². The first-order chi connectivity index (χ1) is 16.7. The molecule has 1 aliphatic heterocycles. The predicted octanol–water partition coefficient (Wildman–Crippen LogP) is 2.51. The zero-order chi connectivity index (χ0) is 24.9. The van der Waals surface area contributed by atoms with E-state index in [0.29, 0.717) is 38.8 Å². The molecule has 2 amide bonds. The van der Waals surface area contributed by atoms with Crippen molar-refractivity contribution in [3.05, 3.63) is 44.9 Å². The maximum absolute atomic E-state index is 13.6. The molecule has 0 atom stereocenters. The number of fused-ring (bicyclic) bond motifs is 3. The second kappa shape index (κ2) is 8.72. The van der Waals surface area contributed by atoms with E-state index in [9.17, 15) is 14.4 Å². The minimum absolute atomic E-state index is 0.0815. The summed E-state index contributed by atoms with van der Waals surface area (Å²) in [6, 6.07) is 3.47. The van der Waals surface area contributed by atoms with Crippen LogP contribution in [0.4, 0.5) is 11.5 Å². The molecule has 1 saturated carbocycles. The molecule has 3 aromatic rings. The molecule has 2 aliphatic rings. The maximum Gasteiger partial charge on any atom is 0.276 e. The van der Waals surface area contributed by atoms with Gasteiger partial charge in [0.15, 0.2) is 0 Å². The Morgan fingerprint density at radius 2 is 1.91 bits per heavy atom. The highest BCUT2D eigenvalue weighted by Gasteiger charge is 2.46. The van der Waals surface area contributed by atoms with Crippen LogP contribution >= 0.6 is 11.3 Å². The lowest BCUT2D eigenvalue weighted by atomic mass is 10.1. The Hall–Kier alpha value is -3.31. The van der Waals surface area contributed by atoms with Crippen molar-refractivity contribution in [2.75, 3.05) is 39.5 Å². The van der Waals surface area contributed by atoms with Crippen molar-refractivity contribution in [1.29, 1.82) is 0 Å². The fraction of sp³-hybridized carbons (Fsp3) is 0.458. The fourth-order valence-electron chi connectivity index (χ4n) is 4.99. The van der Waals surface area contributed by atoms with Crippen LogP contribution in [0.1, 0.15) is 51.4 Å². The monoisotopic (exact) mass is 495 g/mol. The largest absolute Gasteiger partial charge is 0.340 e. The highest BCUT2D eigenvalue weighted by atomic mass is 32.1. The van der Waals surface area contributed by atoms with Crippen molar-refractivity contribution in [2.45, 2.75) is 38.3 Å². The van der Waals surface area contributed by atoms with Crippen LogP contribution in [0.2, 0.25) is 0 Å². The van der Waals surface area contributed by atoms with Crippen molar-refractivity contribution in [3.8, 4) is 0 Å². The molecule has 0 bridgehead atoms. The quantitative estimate of drug-likeness (QED) is 0.540. The SMILES string of the molecule is Cc1cc(Nc2ncnc3sc(C(=O)N(C)CCN(C)C)cc23)c(=O)n2c1C(=O)NC21CCCC1. The van der Waals surface area contributed by atoms with Crippen LogP contribution < -0.4 is 16.2 Å². The molecule has 2 N–H and O–H groups in total. The van der Waals surface area contributed by atoms with Gasteiger partial charge in [-0.15, -0.1) is 11.3 Å². The highest BCUT2D eigenvalue weighted by Crippen LogP contribution is 2.39. The molecule has 1 spiro atoms. The van der Waals surface area contributed by atoms with Crippen LogP contribution in [0.25, 0.3) is 10.2 Å². The number of carbonyl (C=O) groups is 2. The average Bonchev–Trinajstić information content (AvgIpc) is 3.53. The van der Waals surface area contributed by atoms with Crippen molar-refractivity contribution in [1.82, 2.24) is 29.7 Å². The zero-order valence-corrected chi connectivity index (χ0v) is 21.2. The van der Waals surface area contributed by atoms with Crippen LogP contribution in [0.15, 0.2) is 23.3 Å². The van der Waals surface area contributed by atoms with Gasteiger partial charge in [-0.3, -0.25) is 19.0 Å². The number of nitrogens with zero attached hydrogens (tertiary/aromatic N) is 5. The van der Waals surface area contributed by atoms with Crippen molar-refractivity contribution in [2.24, 2.45) is 0 Å². The van der Waals surface area contributed by atoms with Crippen molar-refractivity contribution >= 4 is 44.9 Å². The van der Waals surface area contributed by atoms with Gasteiger partial charge in [0.25, 0.3) is 17.4 Å². The van der Waals surface area contributed by atoms with Gasteiger partial charge < -0.3 is 20.4 Å². The van der Waals surface area contributed by atoms with Gasteiger partial charge in [0.05, 0.1) is 10.3 Å². The molecule has 1 aliphatic carbocycles. The summed E-state index contributed by atoms with van der Waals surface area (Å²) in [7, 11) is 5.72. The van der Waals surface area contributed by atoms with E-state index < -0.39 is 5.66 Å². The number of aryl methyl sites for hydroxylation is 1. The molecule has 0 aromatic carbocycles. The molecule has 0 saturated heterocycles. The number of hydrogen-bond acceptors (Lipinski definition) is 8. The number of thiophene rings is 1. The molecule has 0 unspecified atom stereocenters. The maximum atomic E-state index is 13.6. The third-order valence-electron chi connectivity index (χ3n) is 6.83. The number of likely N-dealkylation sites (N-methyl/N-ethyl adjacent to an activating group) is 2. The van der Waals surface area contributed by atoms with Gasteiger partial charge in [0.1, 0.15) is 34.0 Å². The predicted molar refractivity (Wildman–Crippen MR) is 136 cm³/mol. The van der Waals surface area contributed by atoms with E-state index in [-0.39, 0.29) is 17.4 Å². The van der Waals surface area contributed by atoms with E-state index in [1.807, 2.05) is 25.9 Å². The summed E-state index contributed by atoms with van der Waals surface area (Å²) in [6.07, 6.45) is 4.83. The number of nitrogens with one attached hydrogen (secondary N) is 2. The average molecular weight is 496 g/mol. The summed E-state index contributed by atoms with van der Waals surface area (Å²) in [4.78, 5) is 52.9. The van der Waals surface area contributed by atoms with Gasteiger partial charge >= 0.3 is 0 Å². The number of anilines is 2. The Morgan fingerprint density at radius 3 is 2.63 bits per heavy atom. The van der Waals surface area contributed by atoms with Gasteiger partial charge in [-0.05, 0) is 64.4 Å². The third kappa shape index (κ3) is 3.98. The second-order valence-corrected chi connectivity index (χ2v) is 10.7. The van der Waals surface area contributed by atoms with E-state index in [1.165, 1.54) is 17.7 Å². The van der Waals surface area contributed by atoms with E-state index >= 15 is 0 Å². The van der Waals surface area contributed by atoms with E-state index in [1.54, 1.807) is 28.6 Å². The summed E-state index contributed by atoms with van der Waals surface area (Å²) < 4.78 is 1.64. The standard InChI is InChI=1S/C24H29N7O3S/c1-14-11-16(22(33)31-18(14)20(32)28-24(31)7-5-6-8-24)27-19-15-12-17(35-21(15)26-13-25-19)23(34)30(4)10-9-29(2)3/h11-13H,5-10H2,1-4H3,(H,28,32)(H,25,26,27). The first kappa shape index (κ1) is 23.4. The number of carbonyl (C=O) groups excluding carboxylic acids is 2.